The minimum Gasteiger partial charge on any atom is -0.475 e. The third-order valence-corrected chi connectivity index (χ3v) is 6.18. The standard InChI is InChI=1S/C17H21N3S.2C2HF3O2/c1-2-8-18-14(4-1)12-19-9-6-17-16(19)7-10-20(17)13-15-5-3-11-21-15;2*3-2(4,5)1(6)7/h1-5,8,11,16-17H,6-7,9-10,12-13H2;2*(H,6,7)/t16-,17+;;/m0../s1. The SMILES string of the molecule is O=C(O)C(F)(F)F.O=C(O)C(F)(F)F.c1ccc(CN2CC[C@@H]3[C@@H]2CCN3Cc2cccs2)nc1. The van der Waals surface area contributed by atoms with Gasteiger partial charge in [-0.15, -0.1) is 11.3 Å². The van der Waals surface area contributed by atoms with Crippen LogP contribution in [0.2, 0.25) is 0 Å². The molecule has 2 N–H and O–H groups in total. The van der Waals surface area contributed by atoms with Gasteiger partial charge in [-0.3, -0.25) is 14.8 Å². The van der Waals surface area contributed by atoms with E-state index in [1.165, 1.54) is 36.5 Å². The van der Waals surface area contributed by atoms with E-state index >= 15 is 0 Å². The minimum atomic E-state index is -5.08. The lowest BCUT2D eigenvalue weighted by molar-refractivity contribution is -0.193. The van der Waals surface area contributed by atoms with Gasteiger partial charge in [0, 0.05) is 49.3 Å². The summed E-state index contributed by atoms with van der Waals surface area (Å²) in [6.45, 7) is 4.60. The molecule has 0 aromatic carbocycles. The number of halogens is 6. The molecule has 2 aliphatic rings. The van der Waals surface area contributed by atoms with Crippen LogP contribution in [0, 0.1) is 0 Å². The number of carboxylic acids is 2. The molecule has 4 rings (SSSR count). The zero-order valence-corrected chi connectivity index (χ0v) is 19.0. The number of carbonyl (C=O) groups is 2. The first-order chi connectivity index (χ1) is 16.3. The van der Waals surface area contributed by atoms with Crippen molar-refractivity contribution < 1.29 is 46.1 Å². The molecule has 2 fully saturated rings. The molecule has 2 aromatic rings. The molecule has 2 aliphatic heterocycles. The zero-order chi connectivity index (χ0) is 26.2. The van der Waals surface area contributed by atoms with E-state index in [-0.39, 0.29) is 0 Å². The molecule has 194 valence electrons. The summed E-state index contributed by atoms with van der Waals surface area (Å²) in [5, 5.41) is 16.4. The number of aromatic nitrogens is 1. The average molecular weight is 527 g/mol. The molecule has 0 amide bonds. The third-order valence-electron chi connectivity index (χ3n) is 5.32. The Morgan fingerprint density at radius 3 is 1.80 bits per heavy atom. The second kappa shape index (κ2) is 12.3. The van der Waals surface area contributed by atoms with Crippen molar-refractivity contribution in [2.24, 2.45) is 0 Å². The summed E-state index contributed by atoms with van der Waals surface area (Å²) in [4.78, 5) is 29.1. The van der Waals surface area contributed by atoms with Gasteiger partial charge in [-0.2, -0.15) is 26.3 Å². The number of fused-ring (bicyclic) bond motifs is 1. The topological polar surface area (TPSA) is 94.0 Å². The second-order valence-corrected chi connectivity index (χ2v) is 8.69. The molecule has 0 radical (unpaired) electrons. The molecule has 4 heterocycles. The van der Waals surface area contributed by atoms with E-state index in [0.29, 0.717) is 0 Å². The highest BCUT2D eigenvalue weighted by atomic mass is 32.1. The van der Waals surface area contributed by atoms with Crippen LogP contribution in [-0.2, 0) is 22.7 Å². The van der Waals surface area contributed by atoms with Gasteiger partial charge in [-0.1, -0.05) is 12.1 Å². The van der Waals surface area contributed by atoms with Crippen LogP contribution in [0.25, 0.3) is 0 Å². The second-order valence-electron chi connectivity index (χ2n) is 7.66. The zero-order valence-electron chi connectivity index (χ0n) is 18.2. The van der Waals surface area contributed by atoms with E-state index in [1.54, 1.807) is 0 Å². The van der Waals surface area contributed by atoms with Crippen LogP contribution in [-0.4, -0.2) is 74.5 Å². The Labute approximate surface area is 200 Å². The lowest BCUT2D eigenvalue weighted by Crippen LogP contribution is -2.36. The number of alkyl halides is 6. The van der Waals surface area contributed by atoms with Crippen molar-refractivity contribution in [1.29, 1.82) is 0 Å². The number of carboxylic acid groups (broad SMARTS) is 2. The molecule has 14 heteroatoms. The van der Waals surface area contributed by atoms with Gasteiger partial charge in [0.05, 0.1) is 5.69 Å². The largest absolute Gasteiger partial charge is 0.490 e. The summed E-state index contributed by atoms with van der Waals surface area (Å²) in [7, 11) is 0. The monoisotopic (exact) mass is 527 g/mol. The molecule has 0 bridgehead atoms. The van der Waals surface area contributed by atoms with Crippen LogP contribution < -0.4 is 0 Å². The van der Waals surface area contributed by atoms with Crippen molar-refractivity contribution in [3.8, 4) is 0 Å². The first-order valence-electron chi connectivity index (χ1n) is 10.3. The lowest BCUT2D eigenvalue weighted by atomic mass is 10.1. The molecule has 35 heavy (non-hydrogen) atoms. The van der Waals surface area contributed by atoms with Crippen molar-refractivity contribution >= 4 is 23.3 Å². The van der Waals surface area contributed by atoms with Crippen molar-refractivity contribution in [1.82, 2.24) is 14.8 Å². The number of hydrogen-bond acceptors (Lipinski definition) is 6. The van der Waals surface area contributed by atoms with Crippen molar-refractivity contribution in [2.45, 2.75) is 50.4 Å². The Balaban J connectivity index is 0.000000257. The maximum absolute atomic E-state index is 10.6. The maximum Gasteiger partial charge on any atom is 0.490 e. The summed E-state index contributed by atoms with van der Waals surface area (Å²) < 4.78 is 63.5. The Kier molecular flexibility index (Phi) is 10.0. The lowest BCUT2D eigenvalue weighted by Gasteiger charge is -2.25. The van der Waals surface area contributed by atoms with E-state index in [2.05, 4.69) is 44.4 Å². The maximum atomic E-state index is 10.6. The number of hydrogen-bond donors (Lipinski definition) is 2. The molecule has 2 saturated heterocycles. The van der Waals surface area contributed by atoms with Gasteiger partial charge in [0.25, 0.3) is 0 Å². The number of pyridine rings is 1. The van der Waals surface area contributed by atoms with Gasteiger partial charge < -0.3 is 10.2 Å². The molecule has 0 saturated carbocycles. The molecular formula is C21H23F6N3O4S. The highest BCUT2D eigenvalue weighted by molar-refractivity contribution is 7.09. The highest BCUT2D eigenvalue weighted by Gasteiger charge is 2.42. The van der Waals surface area contributed by atoms with Crippen molar-refractivity contribution in [2.75, 3.05) is 13.1 Å². The van der Waals surface area contributed by atoms with E-state index in [4.69, 9.17) is 19.8 Å². The van der Waals surface area contributed by atoms with E-state index in [9.17, 15) is 26.3 Å². The number of likely N-dealkylation sites (tertiary alicyclic amines) is 2. The van der Waals surface area contributed by atoms with Crippen LogP contribution in [0.3, 0.4) is 0 Å². The average Bonchev–Trinajstić information content (AvgIpc) is 3.49. The summed E-state index contributed by atoms with van der Waals surface area (Å²) in [5.74, 6) is -5.51. The number of aliphatic carboxylic acids is 2. The molecule has 0 aliphatic carbocycles. The fourth-order valence-corrected chi connectivity index (χ4v) is 4.59. The molecule has 2 atom stereocenters. The summed E-state index contributed by atoms with van der Waals surface area (Å²) >= 11 is 1.88. The fourth-order valence-electron chi connectivity index (χ4n) is 3.86. The van der Waals surface area contributed by atoms with Crippen molar-refractivity contribution in [3.63, 3.8) is 0 Å². The van der Waals surface area contributed by atoms with Crippen LogP contribution in [0.4, 0.5) is 26.3 Å². The predicted molar refractivity (Wildman–Crippen MR) is 114 cm³/mol. The van der Waals surface area contributed by atoms with E-state index in [1.807, 2.05) is 23.6 Å². The third kappa shape index (κ3) is 9.11. The van der Waals surface area contributed by atoms with E-state index in [0.717, 1.165) is 25.2 Å². The quantitative estimate of drug-likeness (QED) is 0.574. The van der Waals surface area contributed by atoms with Crippen LogP contribution in [0.5, 0.6) is 0 Å². The summed E-state index contributed by atoms with van der Waals surface area (Å²) in [5.41, 5.74) is 1.20. The molecule has 0 unspecified atom stereocenters. The fraction of sp³-hybridized carbons (Fsp3) is 0.476. The van der Waals surface area contributed by atoms with E-state index < -0.39 is 24.3 Å². The van der Waals surface area contributed by atoms with Crippen LogP contribution >= 0.6 is 11.3 Å². The first-order valence-corrected chi connectivity index (χ1v) is 11.2. The number of nitrogens with zero attached hydrogens (tertiary/aromatic N) is 3. The van der Waals surface area contributed by atoms with Gasteiger partial charge >= 0.3 is 24.3 Å². The van der Waals surface area contributed by atoms with Crippen LogP contribution in [0.15, 0.2) is 41.9 Å². The normalized spacial score (nSPS) is 20.3. The van der Waals surface area contributed by atoms with Gasteiger partial charge in [0.15, 0.2) is 0 Å². The van der Waals surface area contributed by atoms with Gasteiger partial charge in [-0.25, -0.2) is 9.59 Å². The Morgan fingerprint density at radius 1 is 0.886 bits per heavy atom. The molecule has 0 spiro atoms. The molecule has 7 nitrogen and oxygen atoms in total. The number of thiophene rings is 1. The Hall–Kier alpha value is -2.71. The van der Waals surface area contributed by atoms with Crippen molar-refractivity contribution in [3.05, 3.63) is 52.5 Å². The summed E-state index contributed by atoms with van der Waals surface area (Å²) in [6, 6.07) is 12.1. The Bertz CT molecular complexity index is 917. The highest BCUT2D eigenvalue weighted by Crippen LogP contribution is 2.33. The van der Waals surface area contributed by atoms with Gasteiger partial charge in [-0.05, 0) is 36.4 Å². The number of rotatable bonds is 4. The Morgan fingerprint density at radius 2 is 1.40 bits per heavy atom. The minimum absolute atomic E-state index is 0.729. The van der Waals surface area contributed by atoms with Gasteiger partial charge in [0.2, 0.25) is 0 Å². The molecule has 2 aromatic heterocycles. The molecular weight excluding hydrogens is 504 g/mol. The van der Waals surface area contributed by atoms with Crippen LogP contribution in [0.1, 0.15) is 23.4 Å². The smallest absolute Gasteiger partial charge is 0.475 e. The summed E-state index contributed by atoms with van der Waals surface area (Å²) in [6.07, 6.45) is -5.65. The van der Waals surface area contributed by atoms with Gasteiger partial charge in [0.1, 0.15) is 0 Å². The first kappa shape index (κ1) is 28.5. The predicted octanol–water partition coefficient (Wildman–Crippen LogP) is 4.26.